The van der Waals surface area contributed by atoms with E-state index < -0.39 is 0 Å². The summed E-state index contributed by atoms with van der Waals surface area (Å²) in [6.45, 7) is 6.91. The van der Waals surface area contributed by atoms with Gasteiger partial charge < -0.3 is 9.47 Å². The molecule has 0 radical (unpaired) electrons. The second kappa shape index (κ2) is 6.40. The standard InChI is InChI=1S/C10H18O4/c1-7(6-13-9(3)11)5-8(2)14-10(4)12/h7-8H,5-6H2,1-4H3/t7?,8-/m0/s1. The smallest absolute Gasteiger partial charge is 0.302 e. The van der Waals surface area contributed by atoms with Crippen LogP contribution in [0.15, 0.2) is 0 Å². The van der Waals surface area contributed by atoms with Gasteiger partial charge in [-0.15, -0.1) is 0 Å². The molecular formula is C10H18O4. The van der Waals surface area contributed by atoms with Crippen molar-refractivity contribution in [2.24, 2.45) is 5.92 Å². The first-order chi connectivity index (χ1) is 6.41. The van der Waals surface area contributed by atoms with E-state index in [-0.39, 0.29) is 24.0 Å². The quantitative estimate of drug-likeness (QED) is 0.634. The number of hydrogen-bond acceptors (Lipinski definition) is 4. The molecule has 0 fully saturated rings. The van der Waals surface area contributed by atoms with Crippen LogP contribution in [0.5, 0.6) is 0 Å². The fourth-order valence-corrected chi connectivity index (χ4v) is 1.23. The SMILES string of the molecule is CC(=O)OCC(C)C[C@H](C)OC(C)=O. The lowest BCUT2D eigenvalue weighted by molar-refractivity contribution is -0.148. The predicted octanol–water partition coefficient (Wildman–Crippen LogP) is 1.53. The lowest BCUT2D eigenvalue weighted by atomic mass is 10.1. The van der Waals surface area contributed by atoms with Gasteiger partial charge in [-0.2, -0.15) is 0 Å². The van der Waals surface area contributed by atoms with Gasteiger partial charge in [0.05, 0.1) is 12.7 Å². The molecule has 0 N–H and O–H groups in total. The first-order valence-electron chi connectivity index (χ1n) is 4.72. The summed E-state index contributed by atoms with van der Waals surface area (Å²) >= 11 is 0. The Kier molecular flexibility index (Phi) is 5.92. The molecule has 0 aliphatic heterocycles. The summed E-state index contributed by atoms with van der Waals surface area (Å²) in [5, 5.41) is 0. The number of rotatable bonds is 5. The van der Waals surface area contributed by atoms with Crippen LogP contribution < -0.4 is 0 Å². The summed E-state index contributed by atoms with van der Waals surface area (Å²) in [6, 6.07) is 0. The average molecular weight is 202 g/mol. The van der Waals surface area contributed by atoms with Crippen LogP contribution in [0.2, 0.25) is 0 Å². The Bertz CT molecular complexity index is 200. The third kappa shape index (κ3) is 7.58. The van der Waals surface area contributed by atoms with Crippen molar-refractivity contribution >= 4 is 11.9 Å². The lowest BCUT2D eigenvalue weighted by Crippen LogP contribution is -2.19. The predicted molar refractivity (Wildman–Crippen MR) is 51.6 cm³/mol. The Morgan fingerprint density at radius 2 is 1.71 bits per heavy atom. The van der Waals surface area contributed by atoms with E-state index in [9.17, 15) is 9.59 Å². The highest BCUT2D eigenvalue weighted by atomic mass is 16.5. The zero-order valence-corrected chi connectivity index (χ0v) is 9.20. The fraction of sp³-hybridized carbons (Fsp3) is 0.800. The summed E-state index contributed by atoms with van der Waals surface area (Å²) < 4.78 is 9.78. The van der Waals surface area contributed by atoms with Gasteiger partial charge >= 0.3 is 11.9 Å². The molecule has 14 heavy (non-hydrogen) atoms. The highest BCUT2D eigenvalue weighted by Gasteiger charge is 2.12. The zero-order valence-electron chi connectivity index (χ0n) is 9.20. The van der Waals surface area contributed by atoms with Crippen molar-refractivity contribution in [3.63, 3.8) is 0 Å². The van der Waals surface area contributed by atoms with Crippen molar-refractivity contribution in [2.75, 3.05) is 6.61 Å². The molecule has 0 saturated heterocycles. The van der Waals surface area contributed by atoms with E-state index in [0.29, 0.717) is 13.0 Å². The van der Waals surface area contributed by atoms with Crippen molar-refractivity contribution in [3.8, 4) is 0 Å². The molecule has 0 spiro atoms. The van der Waals surface area contributed by atoms with Gasteiger partial charge in [-0.1, -0.05) is 6.92 Å². The van der Waals surface area contributed by atoms with Gasteiger partial charge in [0.15, 0.2) is 0 Å². The fourth-order valence-electron chi connectivity index (χ4n) is 1.23. The number of carbonyl (C=O) groups is 2. The molecule has 0 aromatic carbocycles. The van der Waals surface area contributed by atoms with E-state index >= 15 is 0 Å². The van der Waals surface area contributed by atoms with Crippen LogP contribution in [0.1, 0.15) is 34.1 Å². The second-order valence-electron chi connectivity index (χ2n) is 3.56. The van der Waals surface area contributed by atoms with Crippen LogP contribution in [-0.4, -0.2) is 24.6 Å². The largest absolute Gasteiger partial charge is 0.466 e. The van der Waals surface area contributed by atoms with E-state index in [0.717, 1.165) is 0 Å². The molecule has 0 heterocycles. The van der Waals surface area contributed by atoms with Crippen molar-refractivity contribution in [3.05, 3.63) is 0 Å². The summed E-state index contributed by atoms with van der Waals surface area (Å²) in [4.78, 5) is 21.1. The van der Waals surface area contributed by atoms with Gasteiger partial charge in [-0.25, -0.2) is 0 Å². The monoisotopic (exact) mass is 202 g/mol. The van der Waals surface area contributed by atoms with Gasteiger partial charge in [0, 0.05) is 13.8 Å². The molecular weight excluding hydrogens is 184 g/mol. The minimum absolute atomic E-state index is 0.127. The highest BCUT2D eigenvalue weighted by molar-refractivity contribution is 5.66. The molecule has 4 heteroatoms. The van der Waals surface area contributed by atoms with Crippen molar-refractivity contribution < 1.29 is 19.1 Å². The van der Waals surface area contributed by atoms with Crippen LogP contribution in [0, 0.1) is 5.92 Å². The van der Waals surface area contributed by atoms with Crippen LogP contribution in [0.3, 0.4) is 0 Å². The Morgan fingerprint density at radius 1 is 1.14 bits per heavy atom. The molecule has 0 aliphatic rings. The van der Waals surface area contributed by atoms with Gasteiger partial charge in [0.25, 0.3) is 0 Å². The van der Waals surface area contributed by atoms with Crippen LogP contribution in [0.25, 0.3) is 0 Å². The van der Waals surface area contributed by atoms with Crippen molar-refractivity contribution in [1.82, 2.24) is 0 Å². The Morgan fingerprint density at radius 3 is 2.14 bits per heavy atom. The molecule has 0 rings (SSSR count). The summed E-state index contributed by atoms with van der Waals surface area (Å²) in [7, 11) is 0. The average Bonchev–Trinajstić information content (AvgIpc) is 1.98. The van der Waals surface area contributed by atoms with Gasteiger partial charge in [0.2, 0.25) is 0 Å². The van der Waals surface area contributed by atoms with E-state index in [1.165, 1.54) is 13.8 Å². The maximum absolute atomic E-state index is 10.6. The van der Waals surface area contributed by atoms with Crippen LogP contribution in [-0.2, 0) is 19.1 Å². The van der Waals surface area contributed by atoms with E-state index in [1.807, 2.05) is 13.8 Å². The summed E-state index contributed by atoms with van der Waals surface area (Å²) in [5.74, 6) is -0.359. The van der Waals surface area contributed by atoms with Crippen molar-refractivity contribution in [1.29, 1.82) is 0 Å². The van der Waals surface area contributed by atoms with Crippen LogP contribution in [0.4, 0.5) is 0 Å². The normalized spacial score (nSPS) is 14.3. The third-order valence-electron chi connectivity index (χ3n) is 1.67. The highest BCUT2D eigenvalue weighted by Crippen LogP contribution is 2.09. The van der Waals surface area contributed by atoms with Gasteiger partial charge in [0.1, 0.15) is 0 Å². The van der Waals surface area contributed by atoms with E-state index in [2.05, 4.69) is 0 Å². The number of carbonyl (C=O) groups excluding carboxylic acids is 2. The maximum atomic E-state index is 10.6. The van der Waals surface area contributed by atoms with Gasteiger partial charge in [-0.05, 0) is 19.3 Å². The lowest BCUT2D eigenvalue weighted by Gasteiger charge is -2.16. The molecule has 0 bridgehead atoms. The molecule has 2 atom stereocenters. The first kappa shape index (κ1) is 12.9. The number of hydrogen-bond donors (Lipinski definition) is 0. The minimum Gasteiger partial charge on any atom is -0.466 e. The molecule has 0 aromatic rings. The maximum Gasteiger partial charge on any atom is 0.302 e. The zero-order chi connectivity index (χ0) is 11.1. The van der Waals surface area contributed by atoms with E-state index in [4.69, 9.17) is 9.47 Å². The molecule has 82 valence electrons. The second-order valence-corrected chi connectivity index (χ2v) is 3.56. The van der Waals surface area contributed by atoms with E-state index in [1.54, 1.807) is 0 Å². The molecule has 0 aromatic heterocycles. The Balaban J connectivity index is 3.65. The molecule has 0 aliphatic carbocycles. The minimum atomic E-state index is -0.281. The molecule has 0 amide bonds. The van der Waals surface area contributed by atoms with Crippen molar-refractivity contribution in [2.45, 2.75) is 40.2 Å². The topological polar surface area (TPSA) is 52.6 Å². The van der Waals surface area contributed by atoms with Crippen LogP contribution >= 0.6 is 0 Å². The molecule has 4 nitrogen and oxygen atoms in total. The third-order valence-corrected chi connectivity index (χ3v) is 1.67. The Hall–Kier alpha value is -1.06. The molecule has 0 saturated carbocycles. The van der Waals surface area contributed by atoms with Gasteiger partial charge in [-0.3, -0.25) is 9.59 Å². The summed E-state index contributed by atoms with van der Waals surface area (Å²) in [5.41, 5.74) is 0. The molecule has 1 unspecified atom stereocenters. The first-order valence-corrected chi connectivity index (χ1v) is 4.72. The Labute approximate surface area is 84.6 Å². The number of ether oxygens (including phenoxy) is 2. The number of esters is 2. The summed E-state index contributed by atoms with van der Waals surface area (Å²) in [6.07, 6.45) is 0.574.